The third kappa shape index (κ3) is 14.8. The number of carbonyl (C=O) groups is 1. The molecule has 0 atom stereocenters. The van der Waals surface area contributed by atoms with E-state index in [0.717, 1.165) is 17.1 Å². The van der Waals surface area contributed by atoms with Crippen molar-refractivity contribution in [2.75, 3.05) is 0 Å². The van der Waals surface area contributed by atoms with E-state index in [9.17, 15) is 4.79 Å². The molecule has 1 amide bonds. The lowest BCUT2D eigenvalue weighted by Gasteiger charge is -2.04. The van der Waals surface area contributed by atoms with Gasteiger partial charge in [0.2, 0.25) is 5.91 Å². The molecular formula is C23H42N2OS. The molecule has 0 unspecified atom stereocenters. The summed E-state index contributed by atoms with van der Waals surface area (Å²) >= 11 is 1.63. The van der Waals surface area contributed by atoms with E-state index in [0.29, 0.717) is 13.0 Å². The first kappa shape index (κ1) is 24.1. The van der Waals surface area contributed by atoms with Crippen molar-refractivity contribution in [3.05, 3.63) is 16.1 Å². The van der Waals surface area contributed by atoms with Gasteiger partial charge in [0.05, 0.1) is 17.2 Å². The number of amides is 1. The molecule has 0 fully saturated rings. The summed E-state index contributed by atoms with van der Waals surface area (Å²) in [6.07, 6.45) is 21.0. The van der Waals surface area contributed by atoms with E-state index in [4.69, 9.17) is 0 Å². The zero-order chi connectivity index (χ0) is 19.6. The van der Waals surface area contributed by atoms with Gasteiger partial charge in [-0.1, -0.05) is 96.8 Å². The monoisotopic (exact) mass is 394 g/mol. The highest BCUT2D eigenvalue weighted by molar-refractivity contribution is 7.09. The molecule has 27 heavy (non-hydrogen) atoms. The topological polar surface area (TPSA) is 42.0 Å². The first-order valence-corrected chi connectivity index (χ1v) is 12.3. The lowest BCUT2D eigenvalue weighted by atomic mass is 10.0. The van der Waals surface area contributed by atoms with Gasteiger partial charge < -0.3 is 5.32 Å². The smallest absolute Gasteiger partial charge is 0.220 e. The van der Waals surface area contributed by atoms with Crippen LogP contribution in [0.25, 0.3) is 0 Å². The van der Waals surface area contributed by atoms with Gasteiger partial charge in [-0.15, -0.1) is 11.3 Å². The fourth-order valence-electron chi connectivity index (χ4n) is 3.42. The van der Waals surface area contributed by atoms with Gasteiger partial charge in [-0.05, 0) is 13.3 Å². The highest BCUT2D eigenvalue weighted by atomic mass is 32.1. The Kier molecular flexibility index (Phi) is 15.4. The second kappa shape index (κ2) is 17.2. The first-order valence-electron chi connectivity index (χ1n) is 11.4. The molecule has 0 aromatic carbocycles. The average Bonchev–Trinajstić information content (AvgIpc) is 3.08. The minimum absolute atomic E-state index is 0.162. The number of hydrogen-bond acceptors (Lipinski definition) is 3. The molecule has 1 rings (SSSR count). The van der Waals surface area contributed by atoms with E-state index in [-0.39, 0.29) is 5.91 Å². The van der Waals surface area contributed by atoms with Crippen molar-refractivity contribution in [2.24, 2.45) is 0 Å². The second-order valence-electron chi connectivity index (χ2n) is 7.83. The van der Waals surface area contributed by atoms with Crippen molar-refractivity contribution in [1.82, 2.24) is 10.3 Å². The number of nitrogens with zero attached hydrogens (tertiary/aromatic N) is 1. The van der Waals surface area contributed by atoms with E-state index < -0.39 is 0 Å². The Balaban J connectivity index is 1.76. The van der Waals surface area contributed by atoms with E-state index in [2.05, 4.69) is 17.2 Å². The highest BCUT2D eigenvalue weighted by Crippen LogP contribution is 2.13. The van der Waals surface area contributed by atoms with Gasteiger partial charge in [0.1, 0.15) is 0 Å². The van der Waals surface area contributed by atoms with Crippen molar-refractivity contribution in [3.8, 4) is 0 Å². The number of aromatic nitrogens is 1. The van der Waals surface area contributed by atoms with Crippen LogP contribution in [0, 0.1) is 6.92 Å². The Labute approximate surface area is 171 Å². The summed E-state index contributed by atoms with van der Waals surface area (Å²) in [5.74, 6) is 0.162. The quantitative estimate of drug-likeness (QED) is 0.265. The Hall–Kier alpha value is -0.900. The van der Waals surface area contributed by atoms with Crippen molar-refractivity contribution in [2.45, 2.75) is 123 Å². The fourth-order valence-corrected chi connectivity index (χ4v) is 4.04. The van der Waals surface area contributed by atoms with Gasteiger partial charge in [0, 0.05) is 11.8 Å². The summed E-state index contributed by atoms with van der Waals surface area (Å²) in [5, 5.41) is 6.04. The predicted molar refractivity (Wildman–Crippen MR) is 118 cm³/mol. The number of hydrogen-bond donors (Lipinski definition) is 1. The summed E-state index contributed by atoms with van der Waals surface area (Å²) in [4.78, 5) is 16.2. The van der Waals surface area contributed by atoms with E-state index in [1.807, 2.05) is 12.3 Å². The molecule has 1 aromatic rings. The highest BCUT2D eigenvalue weighted by Gasteiger charge is 2.03. The molecule has 1 N–H and O–H groups in total. The van der Waals surface area contributed by atoms with Crippen LogP contribution in [0.2, 0.25) is 0 Å². The Morgan fingerprint density at radius 2 is 1.33 bits per heavy atom. The van der Waals surface area contributed by atoms with Crippen LogP contribution < -0.4 is 5.32 Å². The zero-order valence-electron chi connectivity index (χ0n) is 17.9. The number of rotatable bonds is 18. The van der Waals surface area contributed by atoms with E-state index >= 15 is 0 Å². The van der Waals surface area contributed by atoms with Gasteiger partial charge in [-0.25, -0.2) is 4.98 Å². The van der Waals surface area contributed by atoms with Crippen molar-refractivity contribution >= 4 is 17.2 Å². The normalized spacial score (nSPS) is 11.0. The minimum Gasteiger partial charge on any atom is -0.350 e. The van der Waals surface area contributed by atoms with Crippen LogP contribution >= 0.6 is 11.3 Å². The van der Waals surface area contributed by atoms with Gasteiger partial charge >= 0.3 is 0 Å². The lowest BCUT2D eigenvalue weighted by molar-refractivity contribution is -0.121. The fraction of sp³-hybridized carbons (Fsp3) is 0.826. The van der Waals surface area contributed by atoms with E-state index in [1.165, 1.54) is 89.9 Å². The minimum atomic E-state index is 0.162. The number of aryl methyl sites for hydroxylation is 1. The Morgan fingerprint density at radius 3 is 1.78 bits per heavy atom. The molecule has 4 heteroatoms. The van der Waals surface area contributed by atoms with Gasteiger partial charge in [0.15, 0.2) is 0 Å². The van der Waals surface area contributed by atoms with Crippen LogP contribution in [-0.2, 0) is 11.3 Å². The number of unbranched alkanes of at least 4 members (excludes halogenated alkanes) is 14. The first-order chi connectivity index (χ1) is 13.2. The van der Waals surface area contributed by atoms with Crippen LogP contribution in [0.3, 0.4) is 0 Å². The maximum atomic E-state index is 11.8. The predicted octanol–water partition coefficient (Wildman–Crippen LogP) is 7.33. The molecule has 0 saturated heterocycles. The molecule has 0 radical (unpaired) electrons. The van der Waals surface area contributed by atoms with E-state index in [1.54, 1.807) is 11.3 Å². The molecule has 3 nitrogen and oxygen atoms in total. The molecule has 156 valence electrons. The second-order valence-corrected chi connectivity index (χ2v) is 8.90. The zero-order valence-corrected chi connectivity index (χ0v) is 18.7. The van der Waals surface area contributed by atoms with Crippen LogP contribution in [0.5, 0.6) is 0 Å². The van der Waals surface area contributed by atoms with Crippen molar-refractivity contribution in [3.63, 3.8) is 0 Å². The maximum Gasteiger partial charge on any atom is 0.220 e. The molecule has 1 aromatic heterocycles. The molecular weight excluding hydrogens is 352 g/mol. The molecule has 0 spiro atoms. The molecule has 1 heterocycles. The van der Waals surface area contributed by atoms with Gasteiger partial charge in [-0.3, -0.25) is 4.79 Å². The average molecular weight is 395 g/mol. The third-order valence-electron chi connectivity index (χ3n) is 5.14. The summed E-state index contributed by atoms with van der Waals surface area (Å²) in [7, 11) is 0. The van der Waals surface area contributed by atoms with Crippen molar-refractivity contribution in [1.29, 1.82) is 0 Å². The van der Waals surface area contributed by atoms with Gasteiger partial charge in [0.25, 0.3) is 0 Å². The Bertz CT molecular complexity index is 473. The summed E-state index contributed by atoms with van der Waals surface area (Å²) in [6.45, 7) is 4.84. The number of thiazole rings is 1. The maximum absolute atomic E-state index is 11.8. The molecule has 0 saturated carbocycles. The Morgan fingerprint density at radius 1 is 0.852 bits per heavy atom. The third-order valence-corrected chi connectivity index (χ3v) is 5.96. The molecule has 0 aliphatic carbocycles. The van der Waals surface area contributed by atoms with Gasteiger partial charge in [-0.2, -0.15) is 0 Å². The summed E-state index contributed by atoms with van der Waals surface area (Å²) < 4.78 is 0. The molecule has 0 aliphatic rings. The summed E-state index contributed by atoms with van der Waals surface area (Å²) in [5.41, 5.74) is 0.974. The number of nitrogens with one attached hydrogen (secondary N) is 1. The standard InChI is InChI=1S/C23H42N2OS/c1-3-4-5-6-7-8-9-10-11-12-13-14-15-16-17-18-23(26)24-19-22-20-27-21(2)25-22/h20H,3-19H2,1-2H3,(H,24,26). The summed E-state index contributed by atoms with van der Waals surface area (Å²) in [6, 6.07) is 0. The molecule has 0 aliphatic heterocycles. The lowest BCUT2D eigenvalue weighted by Crippen LogP contribution is -2.22. The van der Waals surface area contributed by atoms with Crippen LogP contribution in [0.15, 0.2) is 5.38 Å². The SMILES string of the molecule is CCCCCCCCCCCCCCCCCC(=O)NCc1csc(C)n1. The van der Waals surface area contributed by atoms with Crippen LogP contribution in [0.4, 0.5) is 0 Å². The molecule has 0 bridgehead atoms. The van der Waals surface area contributed by atoms with Crippen molar-refractivity contribution < 1.29 is 4.79 Å². The van der Waals surface area contributed by atoms with Crippen LogP contribution in [0.1, 0.15) is 120 Å². The largest absolute Gasteiger partial charge is 0.350 e. The van der Waals surface area contributed by atoms with Crippen LogP contribution in [-0.4, -0.2) is 10.9 Å². The number of carbonyl (C=O) groups excluding carboxylic acids is 1.